The molecule has 4 nitrogen and oxygen atoms in total. The predicted octanol–water partition coefficient (Wildman–Crippen LogP) is 1.90. The van der Waals surface area contributed by atoms with E-state index in [0.717, 1.165) is 6.54 Å². The molecule has 0 saturated carbocycles. The summed E-state index contributed by atoms with van der Waals surface area (Å²) in [6, 6.07) is 13.9. The fourth-order valence-corrected chi connectivity index (χ4v) is 3.03. The molecule has 0 aliphatic carbocycles. The Hall–Kier alpha value is -2.20. The zero-order valence-electron chi connectivity index (χ0n) is 11.9. The number of hydrogen-bond acceptors (Lipinski definition) is 3. The number of rotatable bonds is 3. The molecule has 1 aromatic heterocycles. The third kappa shape index (κ3) is 2.81. The maximum absolute atomic E-state index is 12.5. The zero-order chi connectivity index (χ0) is 14.7. The smallest absolute Gasteiger partial charge is 0.255 e. The molecule has 2 aromatic rings. The normalized spacial score (nSPS) is 21.5. The number of carbonyl (C=O) groups is 1. The summed E-state index contributed by atoms with van der Waals surface area (Å²) in [5.74, 6) is 0.671. The van der Waals surface area contributed by atoms with Crippen molar-refractivity contribution in [3.05, 3.63) is 66.0 Å². The summed E-state index contributed by atoms with van der Waals surface area (Å²) in [7, 11) is 0. The first-order chi connectivity index (χ1) is 10.3. The molecule has 1 aliphatic heterocycles. The Kier molecular flexibility index (Phi) is 3.97. The van der Waals surface area contributed by atoms with E-state index in [1.54, 1.807) is 18.5 Å². The number of likely N-dealkylation sites (tertiary alicyclic amines) is 1. The first-order valence-corrected chi connectivity index (χ1v) is 7.24. The summed E-state index contributed by atoms with van der Waals surface area (Å²) in [5, 5.41) is 0. The van der Waals surface area contributed by atoms with Gasteiger partial charge in [0.1, 0.15) is 0 Å². The number of nitrogens with two attached hydrogens (primary N) is 1. The van der Waals surface area contributed by atoms with E-state index >= 15 is 0 Å². The topological polar surface area (TPSA) is 59.2 Å². The van der Waals surface area contributed by atoms with Crippen LogP contribution in [0.2, 0.25) is 0 Å². The van der Waals surface area contributed by atoms with Crippen molar-refractivity contribution in [3.63, 3.8) is 0 Å². The lowest BCUT2D eigenvalue weighted by atomic mass is 9.89. The molecule has 1 fully saturated rings. The van der Waals surface area contributed by atoms with Crippen molar-refractivity contribution in [1.82, 2.24) is 9.88 Å². The van der Waals surface area contributed by atoms with E-state index in [1.165, 1.54) is 5.56 Å². The molecule has 1 aromatic carbocycles. The highest BCUT2D eigenvalue weighted by Crippen LogP contribution is 2.32. The molecule has 0 unspecified atom stereocenters. The van der Waals surface area contributed by atoms with Crippen LogP contribution in [-0.2, 0) is 0 Å². The first-order valence-electron chi connectivity index (χ1n) is 7.24. The summed E-state index contributed by atoms with van der Waals surface area (Å²) in [6.45, 7) is 2.03. The van der Waals surface area contributed by atoms with Crippen molar-refractivity contribution >= 4 is 5.91 Å². The Morgan fingerprint density at radius 3 is 2.67 bits per heavy atom. The molecule has 3 rings (SSSR count). The Morgan fingerprint density at radius 1 is 1.19 bits per heavy atom. The van der Waals surface area contributed by atoms with Gasteiger partial charge in [-0.25, -0.2) is 0 Å². The van der Waals surface area contributed by atoms with Gasteiger partial charge in [0.2, 0.25) is 0 Å². The van der Waals surface area contributed by atoms with Crippen LogP contribution in [0.25, 0.3) is 0 Å². The predicted molar refractivity (Wildman–Crippen MR) is 81.9 cm³/mol. The van der Waals surface area contributed by atoms with Crippen molar-refractivity contribution in [2.24, 2.45) is 11.7 Å². The molecule has 2 atom stereocenters. The molecule has 2 N–H and O–H groups in total. The maximum atomic E-state index is 12.5. The molecule has 1 saturated heterocycles. The van der Waals surface area contributed by atoms with Crippen LogP contribution in [0.15, 0.2) is 54.9 Å². The molecule has 21 heavy (non-hydrogen) atoms. The van der Waals surface area contributed by atoms with Gasteiger partial charge in [0, 0.05) is 31.4 Å². The second-order valence-corrected chi connectivity index (χ2v) is 5.46. The first kappa shape index (κ1) is 13.8. The van der Waals surface area contributed by atoms with Gasteiger partial charge < -0.3 is 10.6 Å². The summed E-state index contributed by atoms with van der Waals surface area (Å²) in [6.07, 6.45) is 3.30. The standard InChI is InChI=1S/C17H19N3O/c18-9-15-11-20(17(21)14-7-4-8-19-10-14)12-16(15)13-5-2-1-3-6-13/h1-8,10,15-16H,9,11-12,18H2/t15-,16+/m1/s1. The van der Waals surface area contributed by atoms with E-state index in [0.29, 0.717) is 30.5 Å². The van der Waals surface area contributed by atoms with E-state index in [-0.39, 0.29) is 5.91 Å². The molecule has 0 spiro atoms. The Balaban J connectivity index is 1.80. The van der Waals surface area contributed by atoms with Crippen LogP contribution in [0.5, 0.6) is 0 Å². The van der Waals surface area contributed by atoms with Gasteiger partial charge in [0.25, 0.3) is 5.91 Å². The van der Waals surface area contributed by atoms with Crippen LogP contribution >= 0.6 is 0 Å². The van der Waals surface area contributed by atoms with Gasteiger partial charge in [-0.05, 0) is 30.2 Å². The third-order valence-electron chi connectivity index (χ3n) is 4.17. The number of pyridine rings is 1. The summed E-state index contributed by atoms with van der Waals surface area (Å²) < 4.78 is 0. The number of aromatic nitrogens is 1. The number of hydrogen-bond donors (Lipinski definition) is 1. The fourth-order valence-electron chi connectivity index (χ4n) is 3.03. The number of benzene rings is 1. The van der Waals surface area contributed by atoms with Crippen molar-refractivity contribution in [1.29, 1.82) is 0 Å². The Bertz CT molecular complexity index is 600. The minimum Gasteiger partial charge on any atom is -0.338 e. The summed E-state index contributed by atoms with van der Waals surface area (Å²) in [5.41, 5.74) is 7.81. The number of nitrogens with zero attached hydrogens (tertiary/aromatic N) is 2. The van der Waals surface area contributed by atoms with Crippen molar-refractivity contribution < 1.29 is 4.79 Å². The van der Waals surface area contributed by atoms with Crippen molar-refractivity contribution in [3.8, 4) is 0 Å². The molecule has 2 heterocycles. The van der Waals surface area contributed by atoms with Gasteiger partial charge in [0.05, 0.1) is 5.56 Å². The lowest BCUT2D eigenvalue weighted by molar-refractivity contribution is 0.0786. The third-order valence-corrected chi connectivity index (χ3v) is 4.17. The van der Waals surface area contributed by atoms with Gasteiger partial charge in [-0.3, -0.25) is 9.78 Å². The molecule has 1 aliphatic rings. The highest BCUT2D eigenvalue weighted by Gasteiger charge is 2.35. The van der Waals surface area contributed by atoms with Gasteiger partial charge in [-0.1, -0.05) is 30.3 Å². The van der Waals surface area contributed by atoms with Crippen molar-refractivity contribution in [2.75, 3.05) is 19.6 Å². The van der Waals surface area contributed by atoms with E-state index in [4.69, 9.17) is 5.73 Å². The minimum atomic E-state index is 0.0416. The second-order valence-electron chi connectivity index (χ2n) is 5.46. The highest BCUT2D eigenvalue weighted by atomic mass is 16.2. The second kappa shape index (κ2) is 6.06. The van der Waals surface area contributed by atoms with Gasteiger partial charge in [0.15, 0.2) is 0 Å². The average molecular weight is 281 g/mol. The Morgan fingerprint density at radius 2 is 2.00 bits per heavy atom. The quantitative estimate of drug-likeness (QED) is 0.934. The molecule has 108 valence electrons. The van der Waals surface area contributed by atoms with E-state index in [1.807, 2.05) is 29.2 Å². The van der Waals surface area contributed by atoms with Gasteiger partial charge in [-0.15, -0.1) is 0 Å². The van der Waals surface area contributed by atoms with E-state index < -0.39 is 0 Å². The molecule has 4 heteroatoms. The van der Waals surface area contributed by atoms with Gasteiger partial charge in [-0.2, -0.15) is 0 Å². The fraction of sp³-hybridized carbons (Fsp3) is 0.294. The van der Waals surface area contributed by atoms with Gasteiger partial charge >= 0.3 is 0 Å². The van der Waals surface area contributed by atoms with Crippen LogP contribution < -0.4 is 5.73 Å². The molecule has 0 bridgehead atoms. The summed E-state index contributed by atoms with van der Waals surface area (Å²) in [4.78, 5) is 18.4. The maximum Gasteiger partial charge on any atom is 0.255 e. The summed E-state index contributed by atoms with van der Waals surface area (Å²) >= 11 is 0. The molecular formula is C17H19N3O. The molecule has 1 amide bonds. The molecular weight excluding hydrogens is 262 g/mol. The van der Waals surface area contributed by atoms with E-state index in [2.05, 4.69) is 17.1 Å². The van der Waals surface area contributed by atoms with Crippen molar-refractivity contribution in [2.45, 2.75) is 5.92 Å². The van der Waals surface area contributed by atoms with Crippen LogP contribution in [0, 0.1) is 5.92 Å². The molecule has 0 radical (unpaired) electrons. The Labute approximate surface area is 124 Å². The number of amides is 1. The largest absolute Gasteiger partial charge is 0.338 e. The lowest BCUT2D eigenvalue weighted by Crippen LogP contribution is -2.29. The highest BCUT2D eigenvalue weighted by molar-refractivity contribution is 5.94. The van der Waals surface area contributed by atoms with Crippen LogP contribution in [0.4, 0.5) is 0 Å². The van der Waals surface area contributed by atoms with E-state index in [9.17, 15) is 4.79 Å². The van der Waals surface area contributed by atoms with Crippen LogP contribution in [-0.4, -0.2) is 35.4 Å². The average Bonchev–Trinajstić information content (AvgIpc) is 3.00. The minimum absolute atomic E-state index is 0.0416. The number of carbonyl (C=O) groups excluding carboxylic acids is 1. The van der Waals surface area contributed by atoms with Crippen LogP contribution in [0.1, 0.15) is 21.8 Å². The SMILES string of the molecule is NC[C@@H]1CN(C(=O)c2cccnc2)C[C@H]1c1ccccc1. The lowest BCUT2D eigenvalue weighted by Gasteiger charge is -2.16. The monoisotopic (exact) mass is 281 g/mol. The van der Waals surface area contributed by atoms with Crippen LogP contribution in [0.3, 0.4) is 0 Å². The zero-order valence-corrected chi connectivity index (χ0v) is 11.9.